The molecule has 0 aliphatic carbocycles. The minimum Gasteiger partial charge on any atom is -0.493 e. The summed E-state index contributed by atoms with van der Waals surface area (Å²) < 4.78 is 8.18. The number of hydrogen-bond donors (Lipinski definition) is 1. The molecule has 0 aliphatic heterocycles. The van der Waals surface area contributed by atoms with Crippen LogP contribution in [0.5, 0.6) is 5.75 Å². The van der Waals surface area contributed by atoms with Crippen LogP contribution in [0.1, 0.15) is 43.0 Å². The highest BCUT2D eigenvalue weighted by Crippen LogP contribution is 2.25. The molecule has 0 saturated carbocycles. The normalized spacial score (nSPS) is 11.6. The molecule has 160 valence electrons. The van der Waals surface area contributed by atoms with E-state index < -0.39 is 5.97 Å². The summed E-state index contributed by atoms with van der Waals surface area (Å²) in [7, 11) is 0. The lowest BCUT2D eigenvalue weighted by atomic mass is 10.0. The van der Waals surface area contributed by atoms with Crippen molar-refractivity contribution in [2.75, 3.05) is 6.61 Å². The second kappa shape index (κ2) is 10.4. The zero-order valence-corrected chi connectivity index (χ0v) is 17.9. The van der Waals surface area contributed by atoms with Crippen molar-refractivity contribution in [2.45, 2.75) is 39.7 Å². The summed E-state index contributed by atoms with van der Waals surface area (Å²) in [4.78, 5) is 15.4. The van der Waals surface area contributed by atoms with Crippen LogP contribution >= 0.6 is 0 Å². The van der Waals surface area contributed by atoms with Gasteiger partial charge >= 0.3 is 5.97 Å². The van der Waals surface area contributed by atoms with E-state index in [-0.39, 0.29) is 12.3 Å². The zero-order chi connectivity index (χ0) is 22.2. The molecular formula is C25H27N3O3. The Morgan fingerprint density at radius 1 is 1.23 bits per heavy atom. The van der Waals surface area contributed by atoms with Crippen LogP contribution in [0.3, 0.4) is 0 Å². The quantitative estimate of drug-likeness (QED) is 0.467. The third kappa shape index (κ3) is 5.95. The summed E-state index contributed by atoms with van der Waals surface area (Å²) >= 11 is 0. The van der Waals surface area contributed by atoms with Gasteiger partial charge in [-0.15, -0.1) is 0 Å². The highest BCUT2D eigenvalue weighted by molar-refractivity contribution is 5.66. The molecule has 0 amide bonds. The molecule has 31 heavy (non-hydrogen) atoms. The van der Waals surface area contributed by atoms with Gasteiger partial charge in [0.15, 0.2) is 0 Å². The number of hydrogen-bond acceptors (Lipinski definition) is 4. The number of aromatic nitrogens is 2. The Bertz CT molecular complexity index is 1060. The topological polar surface area (TPSA) is 88.1 Å². The molecule has 3 aromatic rings. The van der Waals surface area contributed by atoms with Gasteiger partial charge in [-0.1, -0.05) is 25.1 Å². The maximum Gasteiger partial charge on any atom is 0.303 e. The van der Waals surface area contributed by atoms with Crippen LogP contribution in [0.4, 0.5) is 0 Å². The fourth-order valence-corrected chi connectivity index (χ4v) is 3.54. The summed E-state index contributed by atoms with van der Waals surface area (Å²) in [5, 5.41) is 17.9. The van der Waals surface area contributed by atoms with Crippen LogP contribution in [0.15, 0.2) is 54.7 Å². The number of rotatable bonds is 10. The van der Waals surface area contributed by atoms with Gasteiger partial charge in [-0.25, -0.2) is 4.98 Å². The number of carboxylic acid groups (broad SMARTS) is 1. The van der Waals surface area contributed by atoms with Crippen molar-refractivity contribution in [3.8, 4) is 23.2 Å². The molecule has 2 aromatic carbocycles. The number of carbonyl (C=O) groups is 1. The molecule has 0 bridgehead atoms. The van der Waals surface area contributed by atoms with Gasteiger partial charge in [0.05, 0.1) is 24.8 Å². The predicted octanol–water partition coefficient (Wildman–Crippen LogP) is 5.05. The SMILES string of the molecule is Cc1cnc(-c2ccc(C#N)cc2)n1Cc1ccccc1OCCC[C@@H](C)CC(=O)O. The van der Waals surface area contributed by atoms with E-state index >= 15 is 0 Å². The Labute approximate surface area is 182 Å². The monoisotopic (exact) mass is 417 g/mol. The molecule has 0 saturated heterocycles. The minimum atomic E-state index is -0.757. The lowest BCUT2D eigenvalue weighted by molar-refractivity contribution is -0.138. The van der Waals surface area contributed by atoms with Crippen molar-refractivity contribution in [1.29, 1.82) is 5.26 Å². The number of carboxylic acids is 1. The van der Waals surface area contributed by atoms with Crippen molar-refractivity contribution < 1.29 is 14.6 Å². The molecule has 0 spiro atoms. The van der Waals surface area contributed by atoms with E-state index in [4.69, 9.17) is 15.1 Å². The van der Waals surface area contributed by atoms with Crippen molar-refractivity contribution in [3.05, 3.63) is 71.5 Å². The van der Waals surface area contributed by atoms with Gasteiger partial charge in [-0.05, 0) is 56.0 Å². The van der Waals surface area contributed by atoms with Gasteiger partial charge in [0.2, 0.25) is 0 Å². The van der Waals surface area contributed by atoms with Gasteiger partial charge < -0.3 is 14.4 Å². The maximum absolute atomic E-state index is 10.8. The van der Waals surface area contributed by atoms with Crippen molar-refractivity contribution in [1.82, 2.24) is 9.55 Å². The molecule has 0 radical (unpaired) electrons. The summed E-state index contributed by atoms with van der Waals surface area (Å²) in [5.41, 5.74) is 3.67. The number of ether oxygens (including phenoxy) is 1. The lowest BCUT2D eigenvalue weighted by Crippen LogP contribution is -2.09. The van der Waals surface area contributed by atoms with Gasteiger partial charge in [0.1, 0.15) is 11.6 Å². The van der Waals surface area contributed by atoms with E-state index in [1.807, 2.05) is 56.4 Å². The predicted molar refractivity (Wildman–Crippen MR) is 119 cm³/mol. The molecular weight excluding hydrogens is 390 g/mol. The number of nitriles is 1. The van der Waals surface area contributed by atoms with E-state index in [0.717, 1.165) is 41.2 Å². The summed E-state index contributed by atoms with van der Waals surface area (Å²) in [6.07, 6.45) is 3.66. The van der Waals surface area contributed by atoms with E-state index in [2.05, 4.69) is 15.6 Å². The average Bonchev–Trinajstić information content (AvgIpc) is 3.12. The highest BCUT2D eigenvalue weighted by Gasteiger charge is 2.13. The van der Waals surface area contributed by atoms with Gasteiger partial charge in [-0.2, -0.15) is 5.26 Å². The summed E-state index contributed by atoms with van der Waals surface area (Å²) in [6.45, 7) is 5.14. The second-order valence-corrected chi connectivity index (χ2v) is 7.80. The maximum atomic E-state index is 10.8. The lowest BCUT2D eigenvalue weighted by Gasteiger charge is -2.15. The van der Waals surface area contributed by atoms with Crippen LogP contribution in [-0.2, 0) is 11.3 Å². The Balaban J connectivity index is 1.70. The van der Waals surface area contributed by atoms with E-state index in [0.29, 0.717) is 18.7 Å². The summed E-state index contributed by atoms with van der Waals surface area (Å²) in [6, 6.07) is 17.5. The number of benzene rings is 2. The van der Waals surface area contributed by atoms with Crippen LogP contribution in [0, 0.1) is 24.2 Å². The first kappa shape index (κ1) is 22.1. The average molecular weight is 418 g/mol. The Morgan fingerprint density at radius 3 is 2.68 bits per heavy atom. The molecule has 1 aromatic heterocycles. The Hall–Kier alpha value is -3.59. The molecule has 6 heteroatoms. The standard InChI is InChI=1S/C25H27N3O3/c1-18(14-24(29)30)6-5-13-31-23-8-4-3-7-22(23)17-28-19(2)16-27-25(28)21-11-9-20(15-26)10-12-21/h3-4,7-12,16,18H,5-6,13-14,17H2,1-2H3,(H,29,30)/t18-/m1/s1. The van der Waals surface area contributed by atoms with Crippen LogP contribution in [-0.4, -0.2) is 27.2 Å². The molecule has 0 aliphatic rings. The van der Waals surface area contributed by atoms with E-state index in [9.17, 15) is 4.79 Å². The van der Waals surface area contributed by atoms with Crippen molar-refractivity contribution >= 4 is 5.97 Å². The molecule has 1 heterocycles. The molecule has 0 unspecified atom stereocenters. The number of nitrogens with zero attached hydrogens (tertiary/aromatic N) is 3. The fraction of sp³-hybridized carbons (Fsp3) is 0.320. The van der Waals surface area contributed by atoms with Crippen molar-refractivity contribution in [3.63, 3.8) is 0 Å². The van der Waals surface area contributed by atoms with E-state index in [1.165, 1.54) is 0 Å². The number of aliphatic carboxylic acids is 1. The first-order chi connectivity index (χ1) is 15.0. The van der Waals surface area contributed by atoms with Crippen molar-refractivity contribution in [2.24, 2.45) is 5.92 Å². The molecule has 1 atom stereocenters. The number of imidazole rings is 1. The zero-order valence-electron chi connectivity index (χ0n) is 17.9. The Morgan fingerprint density at radius 2 is 1.97 bits per heavy atom. The fourth-order valence-electron chi connectivity index (χ4n) is 3.54. The Kier molecular flexibility index (Phi) is 7.45. The van der Waals surface area contributed by atoms with Gasteiger partial charge in [0.25, 0.3) is 0 Å². The van der Waals surface area contributed by atoms with Gasteiger partial charge in [0, 0.05) is 29.4 Å². The first-order valence-electron chi connectivity index (χ1n) is 10.4. The summed E-state index contributed by atoms with van der Waals surface area (Å²) in [5.74, 6) is 1.05. The smallest absolute Gasteiger partial charge is 0.303 e. The minimum absolute atomic E-state index is 0.139. The molecule has 1 N–H and O–H groups in total. The molecule has 6 nitrogen and oxygen atoms in total. The first-order valence-corrected chi connectivity index (χ1v) is 10.4. The van der Waals surface area contributed by atoms with E-state index in [1.54, 1.807) is 12.1 Å². The highest BCUT2D eigenvalue weighted by atomic mass is 16.5. The molecule has 0 fully saturated rings. The van der Waals surface area contributed by atoms with Crippen LogP contribution in [0.25, 0.3) is 11.4 Å². The van der Waals surface area contributed by atoms with Crippen LogP contribution < -0.4 is 4.74 Å². The third-order valence-corrected chi connectivity index (χ3v) is 5.25. The third-order valence-electron chi connectivity index (χ3n) is 5.25. The largest absolute Gasteiger partial charge is 0.493 e. The second-order valence-electron chi connectivity index (χ2n) is 7.80. The number of para-hydroxylation sites is 1. The van der Waals surface area contributed by atoms with Gasteiger partial charge in [-0.3, -0.25) is 4.79 Å². The molecule has 3 rings (SSSR count). The number of aryl methyl sites for hydroxylation is 1. The van der Waals surface area contributed by atoms with Crippen LogP contribution in [0.2, 0.25) is 0 Å².